The molecule has 0 bridgehead atoms. The molecule has 0 fully saturated rings. The summed E-state index contributed by atoms with van der Waals surface area (Å²) in [6.45, 7) is 0. The van der Waals surface area contributed by atoms with E-state index in [2.05, 4.69) is 43.0 Å². The van der Waals surface area contributed by atoms with Crippen LogP contribution in [-0.2, 0) is 0 Å². The molecule has 0 saturated heterocycles. The van der Waals surface area contributed by atoms with Crippen molar-refractivity contribution in [2.24, 2.45) is 5.92 Å². The van der Waals surface area contributed by atoms with Crippen molar-refractivity contribution in [1.82, 2.24) is 0 Å². The highest BCUT2D eigenvalue weighted by atomic mass is 32.1. The van der Waals surface area contributed by atoms with Crippen LogP contribution in [0.3, 0.4) is 0 Å². The molecule has 3 heteroatoms. The zero-order valence-electron chi connectivity index (χ0n) is 12.1. The van der Waals surface area contributed by atoms with Crippen molar-refractivity contribution in [2.75, 3.05) is 5.73 Å². The van der Waals surface area contributed by atoms with Gasteiger partial charge in [0.2, 0.25) is 0 Å². The lowest BCUT2D eigenvalue weighted by atomic mass is 9.79. The maximum Gasteiger partial charge on any atom is 0.0533 e. The molecule has 0 aromatic heterocycles. The van der Waals surface area contributed by atoms with Gasteiger partial charge in [-0.1, -0.05) is 42.5 Å². The van der Waals surface area contributed by atoms with E-state index in [1.165, 1.54) is 11.1 Å². The Hall–Kier alpha value is -2.26. The Morgan fingerprint density at radius 2 is 1.59 bits per heavy atom. The Balaban J connectivity index is 2.08. The van der Waals surface area contributed by atoms with Crippen LogP contribution in [0.15, 0.2) is 77.7 Å². The van der Waals surface area contributed by atoms with Gasteiger partial charge < -0.3 is 11.1 Å². The number of rotatable bonds is 3. The molecule has 0 radical (unpaired) electrons. The first-order valence-corrected chi connectivity index (χ1v) is 7.68. The summed E-state index contributed by atoms with van der Waals surface area (Å²) in [6.07, 6.45) is 7.89. The van der Waals surface area contributed by atoms with Crippen LogP contribution in [-0.4, -0.2) is 5.71 Å². The van der Waals surface area contributed by atoms with Gasteiger partial charge in [-0.2, -0.15) is 0 Å². The van der Waals surface area contributed by atoms with E-state index in [-0.39, 0.29) is 11.8 Å². The maximum absolute atomic E-state index is 7.69. The standard InChI is InChI=1S/C19H18N2S/c20-15-9-5-13(6-10-15)19(14-7-11-16(21)12-8-14)17-3-1-2-4-18(17)22/h1-13,19-20,22H,21H2. The van der Waals surface area contributed by atoms with Gasteiger partial charge in [-0.3, -0.25) is 0 Å². The minimum Gasteiger partial charge on any atom is -0.399 e. The van der Waals surface area contributed by atoms with Gasteiger partial charge in [0.05, 0.1) is 5.71 Å². The van der Waals surface area contributed by atoms with Crippen LogP contribution in [0.5, 0.6) is 0 Å². The number of thiol groups is 1. The number of nitrogens with one attached hydrogen (secondary N) is 1. The number of nitrogens with two attached hydrogens (primary N) is 1. The predicted octanol–water partition coefficient (Wildman–Crippen LogP) is 4.45. The normalized spacial score (nSPS) is 18.4. The van der Waals surface area contributed by atoms with Gasteiger partial charge in [0.25, 0.3) is 0 Å². The van der Waals surface area contributed by atoms with Crippen molar-refractivity contribution in [1.29, 1.82) is 5.41 Å². The van der Waals surface area contributed by atoms with Gasteiger partial charge in [0.1, 0.15) is 0 Å². The Morgan fingerprint density at radius 3 is 2.23 bits per heavy atom. The van der Waals surface area contributed by atoms with E-state index in [9.17, 15) is 0 Å². The average molecular weight is 306 g/mol. The molecule has 0 saturated carbocycles. The Bertz CT molecular complexity index is 728. The van der Waals surface area contributed by atoms with E-state index in [1.807, 2.05) is 42.5 Å². The molecule has 0 aliphatic heterocycles. The number of hydrogen-bond donors (Lipinski definition) is 3. The minimum absolute atomic E-state index is 0.162. The summed E-state index contributed by atoms with van der Waals surface area (Å²) in [5.74, 6) is 0.362. The van der Waals surface area contributed by atoms with E-state index >= 15 is 0 Å². The SMILES string of the molecule is N=C1C=CC(C(c2ccc(N)cc2)c2ccccc2S)C=C1. The van der Waals surface area contributed by atoms with E-state index in [0.717, 1.165) is 10.6 Å². The van der Waals surface area contributed by atoms with Crippen molar-refractivity contribution in [2.45, 2.75) is 10.8 Å². The van der Waals surface area contributed by atoms with Crippen LogP contribution in [0.4, 0.5) is 5.69 Å². The number of allylic oxidation sites excluding steroid dienone is 4. The van der Waals surface area contributed by atoms with Gasteiger partial charge >= 0.3 is 0 Å². The summed E-state index contributed by atoms with van der Waals surface area (Å²) in [5, 5.41) is 7.69. The fraction of sp³-hybridized carbons (Fsp3) is 0.105. The van der Waals surface area contributed by atoms with Crippen molar-refractivity contribution < 1.29 is 0 Å². The topological polar surface area (TPSA) is 49.9 Å². The first kappa shape index (κ1) is 14.7. The van der Waals surface area contributed by atoms with Crippen molar-refractivity contribution in [3.63, 3.8) is 0 Å². The molecule has 22 heavy (non-hydrogen) atoms. The number of anilines is 1. The fourth-order valence-corrected chi connectivity index (χ4v) is 3.13. The molecule has 110 valence electrons. The second kappa shape index (κ2) is 6.24. The molecule has 3 N–H and O–H groups in total. The molecule has 2 nitrogen and oxygen atoms in total. The second-order valence-corrected chi connectivity index (χ2v) is 5.94. The van der Waals surface area contributed by atoms with Crippen LogP contribution in [0.2, 0.25) is 0 Å². The summed E-state index contributed by atoms with van der Waals surface area (Å²) < 4.78 is 0. The summed E-state index contributed by atoms with van der Waals surface area (Å²) >= 11 is 4.63. The molecule has 2 aromatic carbocycles. The predicted molar refractivity (Wildman–Crippen MR) is 95.9 cm³/mol. The lowest BCUT2D eigenvalue weighted by Crippen LogP contribution is -2.14. The number of benzene rings is 2. The molecule has 1 atom stereocenters. The Kier molecular flexibility index (Phi) is 4.16. The molecule has 3 rings (SSSR count). The Labute approximate surface area is 136 Å². The zero-order chi connectivity index (χ0) is 15.5. The molecule has 1 aliphatic rings. The summed E-state index contributed by atoms with van der Waals surface area (Å²) in [5.41, 5.74) is 9.50. The lowest BCUT2D eigenvalue weighted by molar-refractivity contribution is 0.673. The van der Waals surface area contributed by atoms with E-state index in [1.54, 1.807) is 0 Å². The van der Waals surface area contributed by atoms with Gasteiger partial charge in [-0.15, -0.1) is 12.6 Å². The van der Waals surface area contributed by atoms with Crippen molar-refractivity contribution >= 4 is 24.0 Å². The molecular formula is C19H18N2S. The Morgan fingerprint density at radius 1 is 0.955 bits per heavy atom. The molecule has 0 amide bonds. The summed E-state index contributed by atoms with van der Waals surface area (Å²) in [6, 6.07) is 16.2. The summed E-state index contributed by atoms with van der Waals surface area (Å²) in [7, 11) is 0. The highest BCUT2D eigenvalue weighted by molar-refractivity contribution is 7.80. The monoisotopic (exact) mass is 306 g/mol. The second-order valence-electron chi connectivity index (χ2n) is 5.45. The van der Waals surface area contributed by atoms with E-state index in [4.69, 9.17) is 11.1 Å². The third kappa shape index (κ3) is 3.00. The van der Waals surface area contributed by atoms with Gasteiger partial charge in [-0.05, 0) is 41.5 Å². The van der Waals surface area contributed by atoms with Crippen LogP contribution in [0.25, 0.3) is 0 Å². The molecule has 0 spiro atoms. The van der Waals surface area contributed by atoms with E-state index in [0.29, 0.717) is 5.71 Å². The van der Waals surface area contributed by atoms with Gasteiger partial charge in [0, 0.05) is 22.4 Å². The highest BCUT2D eigenvalue weighted by Crippen LogP contribution is 2.38. The minimum atomic E-state index is 0.162. The largest absolute Gasteiger partial charge is 0.399 e. The molecule has 1 aliphatic carbocycles. The van der Waals surface area contributed by atoms with Crippen LogP contribution in [0, 0.1) is 11.3 Å². The third-order valence-electron chi connectivity index (χ3n) is 3.95. The number of hydrogen-bond acceptors (Lipinski definition) is 3. The third-order valence-corrected chi connectivity index (χ3v) is 4.36. The van der Waals surface area contributed by atoms with Gasteiger partial charge in [-0.25, -0.2) is 0 Å². The zero-order valence-corrected chi connectivity index (χ0v) is 13.0. The summed E-state index contributed by atoms with van der Waals surface area (Å²) in [4.78, 5) is 0.978. The fourth-order valence-electron chi connectivity index (χ4n) is 2.83. The van der Waals surface area contributed by atoms with E-state index < -0.39 is 0 Å². The lowest BCUT2D eigenvalue weighted by Gasteiger charge is -2.26. The first-order valence-electron chi connectivity index (χ1n) is 7.23. The van der Waals surface area contributed by atoms with Crippen molar-refractivity contribution in [3.8, 4) is 0 Å². The molecular weight excluding hydrogens is 288 g/mol. The smallest absolute Gasteiger partial charge is 0.0533 e. The van der Waals surface area contributed by atoms with Gasteiger partial charge in [0.15, 0.2) is 0 Å². The van der Waals surface area contributed by atoms with Crippen LogP contribution in [0.1, 0.15) is 17.0 Å². The molecule has 1 unspecified atom stereocenters. The average Bonchev–Trinajstić information content (AvgIpc) is 2.53. The molecule has 0 heterocycles. The highest BCUT2D eigenvalue weighted by Gasteiger charge is 2.24. The quantitative estimate of drug-likeness (QED) is 0.569. The van der Waals surface area contributed by atoms with Crippen LogP contribution < -0.4 is 5.73 Å². The first-order chi connectivity index (χ1) is 10.6. The van der Waals surface area contributed by atoms with Crippen LogP contribution >= 0.6 is 12.6 Å². The van der Waals surface area contributed by atoms with Crippen molar-refractivity contribution in [3.05, 3.63) is 84.0 Å². The molecule has 2 aromatic rings. The number of nitrogen functional groups attached to an aromatic ring is 1. The maximum atomic E-state index is 7.69.